The van der Waals surface area contributed by atoms with Crippen LogP contribution in [0.2, 0.25) is 0 Å². The maximum absolute atomic E-state index is 10.1. The molecule has 1 heterocycles. The minimum atomic E-state index is -0.273. The Balaban J connectivity index is 2.56. The molecule has 0 spiro atoms. The first-order chi connectivity index (χ1) is 5.20. The molecule has 1 aromatic heterocycles. The van der Waals surface area contributed by atoms with Crippen molar-refractivity contribution in [2.24, 2.45) is 0 Å². The second kappa shape index (κ2) is 3.48. The average molecular weight is 171 g/mol. The first kappa shape index (κ1) is 8.20. The number of hydrogen-bond acceptors (Lipinski definition) is 3. The zero-order valence-corrected chi connectivity index (χ0v) is 7.00. The first-order valence-electron chi connectivity index (χ1n) is 3.35. The fourth-order valence-corrected chi connectivity index (χ4v) is 1.66. The quantitative estimate of drug-likeness (QED) is 0.516. The second-order valence-electron chi connectivity index (χ2n) is 2.43. The lowest BCUT2D eigenvalue weighted by Crippen LogP contribution is -2.07. The van der Waals surface area contributed by atoms with Crippen molar-refractivity contribution in [1.29, 1.82) is 0 Å². The van der Waals surface area contributed by atoms with Gasteiger partial charge in [0.2, 0.25) is 6.54 Å². The van der Waals surface area contributed by atoms with Gasteiger partial charge in [-0.1, -0.05) is 13.0 Å². The number of nitro groups is 1. The van der Waals surface area contributed by atoms with Crippen LogP contribution in [0.3, 0.4) is 0 Å². The third-order valence-corrected chi connectivity index (χ3v) is 2.56. The third kappa shape index (κ3) is 2.31. The summed E-state index contributed by atoms with van der Waals surface area (Å²) in [5.74, 6) is 0.0463. The van der Waals surface area contributed by atoms with E-state index < -0.39 is 0 Å². The molecule has 0 N–H and O–H groups in total. The smallest absolute Gasteiger partial charge is 0.211 e. The van der Waals surface area contributed by atoms with Crippen molar-refractivity contribution >= 4 is 11.3 Å². The second-order valence-corrected chi connectivity index (χ2v) is 3.41. The molecule has 0 saturated carbocycles. The molecular formula is C7H9NO2S. The number of hydrogen-bond donors (Lipinski definition) is 0. The van der Waals surface area contributed by atoms with Crippen molar-refractivity contribution < 1.29 is 4.92 Å². The van der Waals surface area contributed by atoms with E-state index in [1.54, 1.807) is 11.3 Å². The van der Waals surface area contributed by atoms with E-state index in [4.69, 9.17) is 0 Å². The SMILES string of the molecule is CC(C[N+](=O)[O-])c1cccs1. The highest BCUT2D eigenvalue weighted by Crippen LogP contribution is 2.20. The van der Waals surface area contributed by atoms with Gasteiger partial charge in [-0.05, 0) is 11.4 Å². The molecule has 1 rings (SSSR count). The highest BCUT2D eigenvalue weighted by atomic mass is 32.1. The Morgan fingerprint density at radius 1 is 1.82 bits per heavy atom. The van der Waals surface area contributed by atoms with Gasteiger partial charge in [0.1, 0.15) is 0 Å². The predicted octanol–water partition coefficient (Wildman–Crippen LogP) is 2.13. The highest BCUT2D eigenvalue weighted by molar-refractivity contribution is 7.10. The molecule has 0 aliphatic carbocycles. The van der Waals surface area contributed by atoms with Crippen LogP contribution in [0.25, 0.3) is 0 Å². The molecule has 0 aromatic carbocycles. The van der Waals surface area contributed by atoms with E-state index in [-0.39, 0.29) is 17.4 Å². The zero-order valence-electron chi connectivity index (χ0n) is 6.19. The van der Waals surface area contributed by atoms with Gasteiger partial charge in [-0.3, -0.25) is 10.1 Å². The Labute approximate surface area is 68.8 Å². The lowest BCUT2D eigenvalue weighted by molar-refractivity contribution is -0.482. The fraction of sp³-hybridized carbons (Fsp3) is 0.429. The van der Waals surface area contributed by atoms with E-state index in [0.29, 0.717) is 0 Å². The maximum atomic E-state index is 10.1. The Kier molecular flexibility index (Phi) is 2.59. The molecule has 1 unspecified atom stereocenters. The van der Waals surface area contributed by atoms with Gasteiger partial charge in [0.05, 0.1) is 5.92 Å². The summed E-state index contributed by atoms with van der Waals surface area (Å²) in [4.78, 5) is 10.9. The maximum Gasteiger partial charge on any atom is 0.211 e. The van der Waals surface area contributed by atoms with Crippen LogP contribution in [-0.4, -0.2) is 11.5 Å². The van der Waals surface area contributed by atoms with Gasteiger partial charge in [0, 0.05) is 9.80 Å². The number of rotatable bonds is 3. The first-order valence-corrected chi connectivity index (χ1v) is 4.23. The van der Waals surface area contributed by atoms with E-state index in [2.05, 4.69) is 0 Å². The third-order valence-electron chi connectivity index (χ3n) is 1.45. The minimum Gasteiger partial charge on any atom is -0.265 e. The summed E-state index contributed by atoms with van der Waals surface area (Å²) in [5.41, 5.74) is 0. The summed E-state index contributed by atoms with van der Waals surface area (Å²) in [7, 11) is 0. The topological polar surface area (TPSA) is 43.1 Å². The predicted molar refractivity (Wildman–Crippen MR) is 44.6 cm³/mol. The molecule has 0 bridgehead atoms. The number of thiophene rings is 1. The minimum absolute atomic E-state index is 0.0283. The van der Waals surface area contributed by atoms with Crippen LogP contribution in [0.4, 0.5) is 0 Å². The van der Waals surface area contributed by atoms with Crippen molar-refractivity contribution in [3.05, 3.63) is 32.5 Å². The van der Waals surface area contributed by atoms with E-state index >= 15 is 0 Å². The van der Waals surface area contributed by atoms with Crippen molar-refractivity contribution in [2.75, 3.05) is 6.54 Å². The molecular weight excluding hydrogens is 162 g/mol. The standard InChI is InChI=1S/C7H9NO2S/c1-6(5-8(9)10)7-3-2-4-11-7/h2-4,6H,5H2,1H3. The molecule has 0 aliphatic heterocycles. The van der Waals surface area contributed by atoms with Crippen LogP contribution in [0.1, 0.15) is 17.7 Å². The fourth-order valence-electron chi connectivity index (χ4n) is 0.885. The molecule has 4 heteroatoms. The summed E-state index contributed by atoms with van der Waals surface area (Å²) in [6, 6.07) is 3.84. The van der Waals surface area contributed by atoms with Gasteiger partial charge in [-0.15, -0.1) is 11.3 Å². The van der Waals surface area contributed by atoms with Crippen molar-refractivity contribution in [3.63, 3.8) is 0 Å². The van der Waals surface area contributed by atoms with Crippen molar-refractivity contribution in [2.45, 2.75) is 12.8 Å². The Morgan fingerprint density at radius 2 is 2.55 bits per heavy atom. The van der Waals surface area contributed by atoms with E-state index in [1.165, 1.54) is 0 Å². The largest absolute Gasteiger partial charge is 0.265 e. The molecule has 0 amide bonds. The molecule has 1 atom stereocenters. The van der Waals surface area contributed by atoms with Crippen LogP contribution >= 0.6 is 11.3 Å². The Bertz CT molecular complexity index is 233. The molecule has 0 radical (unpaired) electrons. The highest BCUT2D eigenvalue weighted by Gasteiger charge is 2.11. The van der Waals surface area contributed by atoms with Gasteiger partial charge in [-0.25, -0.2) is 0 Å². The van der Waals surface area contributed by atoms with Crippen LogP contribution in [-0.2, 0) is 0 Å². The van der Waals surface area contributed by atoms with E-state index in [1.807, 2.05) is 24.4 Å². The van der Waals surface area contributed by atoms with E-state index in [0.717, 1.165) is 4.88 Å². The Hall–Kier alpha value is -0.900. The lowest BCUT2D eigenvalue weighted by atomic mass is 10.1. The van der Waals surface area contributed by atoms with Gasteiger partial charge in [0.15, 0.2) is 0 Å². The monoisotopic (exact) mass is 171 g/mol. The summed E-state index contributed by atoms with van der Waals surface area (Å²) >= 11 is 1.57. The number of nitrogens with zero attached hydrogens (tertiary/aromatic N) is 1. The van der Waals surface area contributed by atoms with Gasteiger partial charge in [0.25, 0.3) is 0 Å². The molecule has 60 valence electrons. The van der Waals surface area contributed by atoms with Crippen molar-refractivity contribution in [1.82, 2.24) is 0 Å². The molecule has 1 aromatic rings. The molecule has 3 nitrogen and oxygen atoms in total. The average Bonchev–Trinajstić information content (AvgIpc) is 2.35. The molecule has 0 aliphatic rings. The lowest BCUT2D eigenvalue weighted by Gasteiger charge is -2.01. The molecule has 11 heavy (non-hydrogen) atoms. The van der Waals surface area contributed by atoms with Gasteiger partial charge >= 0.3 is 0 Å². The van der Waals surface area contributed by atoms with Crippen LogP contribution in [0, 0.1) is 10.1 Å². The van der Waals surface area contributed by atoms with Crippen LogP contribution in [0.15, 0.2) is 17.5 Å². The Morgan fingerprint density at radius 3 is 3.00 bits per heavy atom. The van der Waals surface area contributed by atoms with Crippen molar-refractivity contribution in [3.8, 4) is 0 Å². The summed E-state index contributed by atoms with van der Waals surface area (Å²) in [5, 5.41) is 12.1. The molecule has 0 fully saturated rings. The van der Waals surface area contributed by atoms with E-state index in [9.17, 15) is 10.1 Å². The van der Waals surface area contributed by atoms with Gasteiger partial charge in [-0.2, -0.15) is 0 Å². The van der Waals surface area contributed by atoms with Gasteiger partial charge < -0.3 is 0 Å². The summed E-state index contributed by atoms with van der Waals surface area (Å²) in [6.07, 6.45) is 0. The normalized spacial score (nSPS) is 12.8. The summed E-state index contributed by atoms with van der Waals surface area (Å²) in [6.45, 7) is 1.90. The zero-order chi connectivity index (χ0) is 8.27. The summed E-state index contributed by atoms with van der Waals surface area (Å²) < 4.78 is 0. The molecule has 0 saturated heterocycles. The van der Waals surface area contributed by atoms with Crippen LogP contribution in [0.5, 0.6) is 0 Å². The van der Waals surface area contributed by atoms with Crippen LogP contribution < -0.4 is 0 Å².